The predicted octanol–water partition coefficient (Wildman–Crippen LogP) is 8.09. The summed E-state index contributed by atoms with van der Waals surface area (Å²) in [5.41, 5.74) is 1.36. The van der Waals surface area contributed by atoms with Gasteiger partial charge in [0, 0.05) is 18.7 Å². The molecule has 1 aromatic carbocycles. The molecular weight excluding hydrogens is 394 g/mol. The van der Waals surface area contributed by atoms with Gasteiger partial charge in [-0.1, -0.05) is 113 Å². The van der Waals surface area contributed by atoms with E-state index in [0.29, 0.717) is 0 Å². The van der Waals surface area contributed by atoms with Crippen molar-refractivity contribution in [2.75, 3.05) is 0 Å². The van der Waals surface area contributed by atoms with Gasteiger partial charge in [0.1, 0.15) is 5.82 Å². The molecule has 0 saturated carbocycles. The van der Waals surface area contributed by atoms with Crippen molar-refractivity contribution in [1.82, 2.24) is 14.8 Å². The largest absolute Gasteiger partial charge is 0.305 e. The lowest BCUT2D eigenvalue weighted by Gasteiger charge is -2.10. The van der Waals surface area contributed by atoms with E-state index in [1.165, 1.54) is 82.0 Å². The van der Waals surface area contributed by atoms with Crippen LogP contribution in [0.2, 0.25) is 0 Å². The third kappa shape index (κ3) is 10.1. The Morgan fingerprint density at radius 1 is 0.759 bits per heavy atom. The van der Waals surface area contributed by atoms with Gasteiger partial charge in [-0.3, -0.25) is 0 Å². The first-order valence-corrected chi connectivity index (χ1v) is 13.9. The number of benzene rings is 1. The molecule has 29 heavy (non-hydrogen) atoms. The van der Waals surface area contributed by atoms with Gasteiger partial charge in [-0.2, -0.15) is 0 Å². The van der Waals surface area contributed by atoms with E-state index in [-0.39, 0.29) is 0 Å². The Kier molecular flexibility index (Phi) is 13.3. The summed E-state index contributed by atoms with van der Waals surface area (Å²) in [6.45, 7) is 5.62. The van der Waals surface area contributed by atoms with Crippen LogP contribution in [0.25, 0.3) is 0 Å². The molecule has 0 amide bonds. The van der Waals surface area contributed by atoms with Crippen molar-refractivity contribution < 1.29 is 0 Å². The fourth-order valence-electron chi connectivity index (χ4n) is 3.45. The van der Waals surface area contributed by atoms with E-state index in [0.717, 1.165) is 23.9 Å². The van der Waals surface area contributed by atoms with Crippen LogP contribution in [0.3, 0.4) is 0 Å². The molecule has 0 unspecified atom stereocenters. The zero-order valence-electron chi connectivity index (χ0n) is 18.4. The van der Waals surface area contributed by atoms with Gasteiger partial charge in [-0.15, -0.1) is 10.2 Å². The first kappa shape index (κ1) is 24.3. The maximum Gasteiger partial charge on any atom is 0.201 e. The van der Waals surface area contributed by atoms with Gasteiger partial charge >= 0.3 is 0 Å². The van der Waals surface area contributed by atoms with Crippen LogP contribution in [0.15, 0.2) is 35.5 Å². The summed E-state index contributed by atoms with van der Waals surface area (Å²) in [6.07, 6.45) is 15.6. The summed E-state index contributed by atoms with van der Waals surface area (Å²) >= 11 is 0. The van der Waals surface area contributed by atoms with Crippen LogP contribution in [0.1, 0.15) is 95.9 Å². The molecule has 0 bridgehead atoms. The maximum absolute atomic E-state index is 4.57. The van der Waals surface area contributed by atoms with Crippen molar-refractivity contribution in [2.45, 2.75) is 108 Å². The van der Waals surface area contributed by atoms with Crippen molar-refractivity contribution in [3.63, 3.8) is 0 Å². The third-order valence-electron chi connectivity index (χ3n) is 5.23. The minimum atomic E-state index is 1.00. The highest BCUT2D eigenvalue weighted by Gasteiger charge is 2.13. The van der Waals surface area contributed by atoms with Crippen molar-refractivity contribution >= 4 is 21.6 Å². The number of unbranched alkanes of at least 4 members (excludes halogenated alkanes) is 9. The molecule has 0 spiro atoms. The second kappa shape index (κ2) is 15.8. The zero-order chi connectivity index (χ0) is 20.6. The van der Waals surface area contributed by atoms with Crippen LogP contribution in [0.4, 0.5) is 0 Å². The highest BCUT2D eigenvalue weighted by Crippen LogP contribution is 2.33. The summed E-state index contributed by atoms with van der Waals surface area (Å²) in [6, 6.07) is 10.7. The number of hydrogen-bond donors (Lipinski definition) is 0. The average molecular weight is 434 g/mol. The summed E-state index contributed by atoms with van der Waals surface area (Å²) < 4.78 is 2.41. The lowest BCUT2D eigenvalue weighted by molar-refractivity contribution is 0.517. The van der Waals surface area contributed by atoms with E-state index < -0.39 is 0 Å². The monoisotopic (exact) mass is 433 g/mol. The Hall–Kier alpha value is -0.940. The summed E-state index contributed by atoms with van der Waals surface area (Å²) in [7, 11) is 3.65. The van der Waals surface area contributed by atoms with Gasteiger partial charge < -0.3 is 4.57 Å². The molecule has 0 atom stereocenters. The van der Waals surface area contributed by atoms with Crippen molar-refractivity contribution in [3.8, 4) is 0 Å². The van der Waals surface area contributed by atoms with Gasteiger partial charge in [0.2, 0.25) is 5.16 Å². The van der Waals surface area contributed by atoms with Crippen LogP contribution in [-0.2, 0) is 18.7 Å². The number of aromatic nitrogens is 3. The first-order valence-electron chi connectivity index (χ1n) is 11.6. The van der Waals surface area contributed by atoms with Crippen LogP contribution < -0.4 is 0 Å². The second-order valence-electron chi connectivity index (χ2n) is 7.81. The minimum Gasteiger partial charge on any atom is -0.305 e. The molecular formula is C24H39N3S2. The number of rotatable bonds is 17. The molecule has 162 valence electrons. The second-order valence-corrected chi connectivity index (χ2v) is 10.1. The quantitative estimate of drug-likeness (QED) is 0.186. The van der Waals surface area contributed by atoms with E-state index in [4.69, 9.17) is 0 Å². The molecule has 0 aliphatic rings. The third-order valence-corrected chi connectivity index (χ3v) is 7.41. The standard InChI is InChI=1S/C24H39N3S2/c1-3-5-7-9-11-16-20-27-23(19-15-10-8-6-4-2)25-26-24(27)29-28-21-22-17-13-12-14-18-22/h12-14,17-18H,3-11,15-16,19-21H2,1-2H3. The number of aryl methyl sites for hydroxylation is 1. The fraction of sp³-hybridized carbons (Fsp3) is 0.667. The molecule has 0 aliphatic carbocycles. The first-order chi connectivity index (χ1) is 14.3. The highest BCUT2D eigenvalue weighted by atomic mass is 33.1. The van der Waals surface area contributed by atoms with Crippen LogP contribution in [-0.4, -0.2) is 14.8 Å². The van der Waals surface area contributed by atoms with Crippen molar-refractivity contribution in [3.05, 3.63) is 41.7 Å². The zero-order valence-corrected chi connectivity index (χ0v) is 20.1. The minimum absolute atomic E-state index is 1.00. The maximum atomic E-state index is 4.57. The molecule has 0 fully saturated rings. The van der Waals surface area contributed by atoms with Gasteiger partial charge in [0.05, 0.1) is 0 Å². The van der Waals surface area contributed by atoms with E-state index >= 15 is 0 Å². The molecule has 1 aromatic heterocycles. The Morgan fingerprint density at radius 2 is 1.41 bits per heavy atom. The highest BCUT2D eigenvalue weighted by molar-refractivity contribution is 8.76. The Bertz CT molecular complexity index is 643. The van der Waals surface area contributed by atoms with Crippen molar-refractivity contribution in [2.24, 2.45) is 0 Å². The molecule has 1 heterocycles. The molecule has 0 aliphatic heterocycles. The molecule has 0 saturated heterocycles. The predicted molar refractivity (Wildman–Crippen MR) is 129 cm³/mol. The van der Waals surface area contributed by atoms with Crippen LogP contribution in [0.5, 0.6) is 0 Å². The normalized spacial score (nSPS) is 11.2. The summed E-state index contributed by atoms with van der Waals surface area (Å²) in [5, 5.41) is 10.2. The molecule has 0 N–H and O–H groups in total. The molecule has 3 nitrogen and oxygen atoms in total. The van der Waals surface area contributed by atoms with E-state index in [9.17, 15) is 0 Å². The van der Waals surface area contributed by atoms with Gasteiger partial charge in [0.15, 0.2) is 0 Å². The van der Waals surface area contributed by atoms with E-state index in [1.807, 2.05) is 10.8 Å². The fourth-order valence-corrected chi connectivity index (χ4v) is 5.58. The Balaban J connectivity index is 1.85. The summed E-state index contributed by atoms with van der Waals surface area (Å²) in [5.74, 6) is 2.19. The van der Waals surface area contributed by atoms with Crippen LogP contribution >= 0.6 is 21.6 Å². The van der Waals surface area contributed by atoms with Crippen LogP contribution in [0, 0.1) is 0 Å². The average Bonchev–Trinajstić information content (AvgIpc) is 3.13. The smallest absolute Gasteiger partial charge is 0.201 e. The van der Waals surface area contributed by atoms with E-state index in [1.54, 1.807) is 10.8 Å². The van der Waals surface area contributed by atoms with E-state index in [2.05, 4.69) is 58.9 Å². The lowest BCUT2D eigenvalue weighted by atomic mass is 10.1. The van der Waals surface area contributed by atoms with Crippen molar-refractivity contribution in [1.29, 1.82) is 0 Å². The summed E-state index contributed by atoms with van der Waals surface area (Å²) in [4.78, 5) is 0. The van der Waals surface area contributed by atoms with Gasteiger partial charge in [-0.05, 0) is 29.2 Å². The lowest BCUT2D eigenvalue weighted by Crippen LogP contribution is -2.06. The van der Waals surface area contributed by atoms with Gasteiger partial charge in [-0.25, -0.2) is 0 Å². The molecule has 5 heteroatoms. The molecule has 2 aromatic rings. The van der Waals surface area contributed by atoms with Gasteiger partial charge in [0.25, 0.3) is 0 Å². The number of nitrogens with zero attached hydrogens (tertiary/aromatic N) is 3. The molecule has 0 radical (unpaired) electrons. The number of hydrogen-bond acceptors (Lipinski definition) is 4. The Labute approximate surface area is 186 Å². The molecule has 2 rings (SSSR count). The Morgan fingerprint density at radius 3 is 2.14 bits per heavy atom. The topological polar surface area (TPSA) is 30.7 Å². The SMILES string of the molecule is CCCCCCCCn1c(CCCCCCC)nnc1SSCc1ccccc1.